The van der Waals surface area contributed by atoms with Crippen LogP contribution < -0.4 is 11.1 Å². The van der Waals surface area contributed by atoms with Crippen molar-refractivity contribution in [2.45, 2.75) is 50.5 Å². The number of nitrogens with one attached hydrogen (secondary N) is 1. The van der Waals surface area contributed by atoms with E-state index in [9.17, 15) is 4.79 Å². The molecular weight excluding hydrogens is 246 g/mol. The molecule has 0 bridgehead atoms. The molecule has 98 valence electrons. The van der Waals surface area contributed by atoms with Crippen LogP contribution in [0.5, 0.6) is 0 Å². The number of hydrogen-bond acceptors (Lipinski definition) is 4. The predicted molar refractivity (Wildman–Crippen MR) is 72.7 cm³/mol. The molecule has 2 aliphatic rings. The lowest BCUT2D eigenvalue weighted by molar-refractivity contribution is -0.120. The maximum atomic E-state index is 12.1. The van der Waals surface area contributed by atoms with E-state index in [1.54, 1.807) is 0 Å². The minimum Gasteiger partial charge on any atom is -0.328 e. The minimum absolute atomic E-state index is 0.0713. The van der Waals surface area contributed by atoms with E-state index in [-0.39, 0.29) is 17.9 Å². The third-order valence-electron chi connectivity index (χ3n) is 3.83. The first kappa shape index (κ1) is 12.1. The number of nitrogens with two attached hydrogens (primary N) is 1. The Morgan fingerprint density at radius 1 is 1.39 bits per heavy atom. The fourth-order valence-electron chi connectivity index (χ4n) is 2.58. The number of anilines is 1. The van der Waals surface area contributed by atoms with Crippen molar-refractivity contribution in [3.63, 3.8) is 0 Å². The Bertz CT molecular complexity index is 441. The van der Waals surface area contributed by atoms with Crippen LogP contribution in [-0.4, -0.2) is 16.9 Å². The van der Waals surface area contributed by atoms with Crippen molar-refractivity contribution in [1.82, 2.24) is 4.98 Å². The van der Waals surface area contributed by atoms with E-state index in [2.05, 4.69) is 15.7 Å². The van der Waals surface area contributed by atoms with Crippen molar-refractivity contribution >= 4 is 22.4 Å². The molecule has 0 aliphatic heterocycles. The summed E-state index contributed by atoms with van der Waals surface area (Å²) in [5, 5.41) is 5.77. The fraction of sp³-hybridized carbons (Fsp3) is 0.692. The van der Waals surface area contributed by atoms with Crippen LogP contribution >= 0.6 is 11.3 Å². The van der Waals surface area contributed by atoms with Gasteiger partial charge in [-0.05, 0) is 32.1 Å². The summed E-state index contributed by atoms with van der Waals surface area (Å²) >= 11 is 1.54. The quantitative estimate of drug-likeness (QED) is 0.882. The number of aromatic nitrogens is 1. The number of thiazole rings is 1. The summed E-state index contributed by atoms with van der Waals surface area (Å²) in [4.78, 5) is 16.6. The van der Waals surface area contributed by atoms with Crippen molar-refractivity contribution in [1.29, 1.82) is 0 Å². The molecule has 0 aromatic carbocycles. The second kappa shape index (κ2) is 4.97. The Morgan fingerprint density at radius 3 is 2.94 bits per heavy atom. The van der Waals surface area contributed by atoms with Crippen LogP contribution in [0.25, 0.3) is 0 Å². The molecular formula is C13H19N3OS. The first-order valence-corrected chi connectivity index (χ1v) is 7.62. The Balaban J connectivity index is 1.58. The molecule has 1 heterocycles. The normalized spacial score (nSPS) is 28.1. The van der Waals surface area contributed by atoms with Gasteiger partial charge in [-0.15, -0.1) is 11.3 Å². The van der Waals surface area contributed by atoms with Gasteiger partial charge in [-0.25, -0.2) is 4.98 Å². The van der Waals surface area contributed by atoms with E-state index in [1.807, 2.05) is 0 Å². The first-order valence-electron chi connectivity index (χ1n) is 6.74. The molecule has 18 heavy (non-hydrogen) atoms. The third kappa shape index (κ3) is 2.72. The molecule has 1 aromatic heterocycles. The summed E-state index contributed by atoms with van der Waals surface area (Å²) in [5.41, 5.74) is 7.06. The molecule has 2 unspecified atom stereocenters. The third-order valence-corrected chi connectivity index (χ3v) is 4.61. The molecule has 4 nitrogen and oxygen atoms in total. The highest BCUT2D eigenvalue weighted by atomic mass is 32.1. The largest absolute Gasteiger partial charge is 0.328 e. The lowest BCUT2D eigenvalue weighted by Gasteiger charge is -2.25. The number of nitrogens with zero attached hydrogens (tertiary/aromatic N) is 1. The summed E-state index contributed by atoms with van der Waals surface area (Å²) in [5.74, 6) is 0.818. The van der Waals surface area contributed by atoms with E-state index >= 15 is 0 Å². The van der Waals surface area contributed by atoms with Gasteiger partial charge in [0.15, 0.2) is 5.13 Å². The van der Waals surface area contributed by atoms with Gasteiger partial charge in [0.25, 0.3) is 0 Å². The molecule has 2 saturated carbocycles. The van der Waals surface area contributed by atoms with Crippen LogP contribution in [0.15, 0.2) is 5.38 Å². The fourth-order valence-corrected chi connectivity index (χ4v) is 3.38. The molecule has 2 fully saturated rings. The molecule has 3 rings (SSSR count). The minimum atomic E-state index is 0.0713. The van der Waals surface area contributed by atoms with Crippen molar-refractivity contribution in [2.24, 2.45) is 11.7 Å². The monoisotopic (exact) mass is 265 g/mol. The summed E-state index contributed by atoms with van der Waals surface area (Å²) in [6.45, 7) is 0. The van der Waals surface area contributed by atoms with Gasteiger partial charge in [-0.3, -0.25) is 4.79 Å². The van der Waals surface area contributed by atoms with Crippen LogP contribution in [0.3, 0.4) is 0 Å². The molecule has 0 radical (unpaired) electrons. The van der Waals surface area contributed by atoms with E-state index in [0.29, 0.717) is 5.92 Å². The van der Waals surface area contributed by atoms with Crippen molar-refractivity contribution in [3.8, 4) is 0 Å². The summed E-state index contributed by atoms with van der Waals surface area (Å²) in [6.07, 6.45) is 6.37. The van der Waals surface area contributed by atoms with Crippen LogP contribution in [0, 0.1) is 5.92 Å². The van der Waals surface area contributed by atoms with Gasteiger partial charge in [0.1, 0.15) is 0 Å². The standard InChI is InChI=1S/C13H19N3OS/c14-10-3-1-2-9(6-10)12(17)16-13-15-11(7-18-13)8-4-5-8/h7-10H,1-6,14H2,(H,15,16,17). The molecule has 5 heteroatoms. The highest BCUT2D eigenvalue weighted by Crippen LogP contribution is 2.41. The van der Waals surface area contributed by atoms with E-state index < -0.39 is 0 Å². The zero-order valence-electron chi connectivity index (χ0n) is 10.4. The van der Waals surface area contributed by atoms with Gasteiger partial charge in [0, 0.05) is 23.3 Å². The first-order chi connectivity index (χ1) is 8.72. The number of carbonyl (C=O) groups is 1. The Labute approximate surface area is 111 Å². The zero-order valence-corrected chi connectivity index (χ0v) is 11.2. The molecule has 1 amide bonds. The van der Waals surface area contributed by atoms with Gasteiger partial charge in [0.05, 0.1) is 5.69 Å². The summed E-state index contributed by atoms with van der Waals surface area (Å²) in [7, 11) is 0. The molecule has 2 atom stereocenters. The van der Waals surface area contributed by atoms with E-state index in [0.717, 1.165) is 36.5 Å². The average molecular weight is 265 g/mol. The number of carbonyl (C=O) groups excluding carboxylic acids is 1. The Hall–Kier alpha value is -0.940. The van der Waals surface area contributed by atoms with Crippen LogP contribution in [0.2, 0.25) is 0 Å². The lowest BCUT2D eigenvalue weighted by atomic mass is 9.86. The summed E-state index contributed by atoms with van der Waals surface area (Å²) in [6, 6.07) is 0.188. The maximum absolute atomic E-state index is 12.1. The molecule has 2 aliphatic carbocycles. The highest BCUT2D eigenvalue weighted by Gasteiger charge is 2.28. The molecule has 0 spiro atoms. The number of amides is 1. The number of rotatable bonds is 3. The van der Waals surface area contributed by atoms with E-state index in [1.165, 1.54) is 24.2 Å². The lowest BCUT2D eigenvalue weighted by Crippen LogP contribution is -2.34. The topological polar surface area (TPSA) is 68.0 Å². The predicted octanol–water partition coefficient (Wildman–Crippen LogP) is 2.48. The maximum Gasteiger partial charge on any atom is 0.229 e. The van der Waals surface area contributed by atoms with Crippen molar-refractivity contribution in [3.05, 3.63) is 11.1 Å². The van der Waals surface area contributed by atoms with Crippen LogP contribution in [-0.2, 0) is 4.79 Å². The van der Waals surface area contributed by atoms with Gasteiger partial charge in [-0.2, -0.15) is 0 Å². The highest BCUT2D eigenvalue weighted by molar-refractivity contribution is 7.13. The second-order valence-electron chi connectivity index (χ2n) is 5.46. The van der Waals surface area contributed by atoms with Crippen molar-refractivity contribution < 1.29 is 4.79 Å². The van der Waals surface area contributed by atoms with Crippen molar-refractivity contribution in [2.75, 3.05) is 5.32 Å². The van der Waals surface area contributed by atoms with Gasteiger partial charge >= 0.3 is 0 Å². The van der Waals surface area contributed by atoms with Crippen LogP contribution in [0.4, 0.5) is 5.13 Å². The van der Waals surface area contributed by atoms with Crippen LogP contribution in [0.1, 0.15) is 50.1 Å². The zero-order chi connectivity index (χ0) is 12.5. The van der Waals surface area contributed by atoms with Gasteiger partial charge in [0.2, 0.25) is 5.91 Å². The Kier molecular flexibility index (Phi) is 3.35. The van der Waals surface area contributed by atoms with E-state index in [4.69, 9.17) is 5.73 Å². The van der Waals surface area contributed by atoms with Gasteiger partial charge in [-0.1, -0.05) is 6.42 Å². The molecule has 0 saturated heterocycles. The Morgan fingerprint density at radius 2 is 2.22 bits per heavy atom. The smallest absolute Gasteiger partial charge is 0.229 e. The van der Waals surface area contributed by atoms with Gasteiger partial charge < -0.3 is 11.1 Å². The second-order valence-corrected chi connectivity index (χ2v) is 6.32. The SMILES string of the molecule is NC1CCCC(C(=O)Nc2nc(C3CC3)cs2)C1. The summed E-state index contributed by atoms with van der Waals surface area (Å²) < 4.78 is 0. The molecule has 1 aromatic rings. The average Bonchev–Trinajstić information content (AvgIpc) is 3.11. The molecule has 3 N–H and O–H groups in total. The number of hydrogen-bond donors (Lipinski definition) is 2.